The van der Waals surface area contributed by atoms with Crippen molar-refractivity contribution >= 4 is 21.7 Å². The SMILES string of the molecule is Cc1c(O[C@@H]2O[C@H](CO)[C@@H](O)[C@H](O)[C@H]2O)cc(C)c2c1oc(=O)c1cc3c(cc12)OCO3. The van der Waals surface area contributed by atoms with E-state index in [0.717, 1.165) is 5.56 Å². The van der Waals surface area contributed by atoms with Crippen LogP contribution in [0.2, 0.25) is 0 Å². The Balaban J connectivity index is 1.62. The first-order chi connectivity index (χ1) is 15.3. The van der Waals surface area contributed by atoms with Gasteiger partial charge in [-0.2, -0.15) is 0 Å². The minimum atomic E-state index is -1.57. The summed E-state index contributed by atoms with van der Waals surface area (Å²) in [7, 11) is 0. The van der Waals surface area contributed by atoms with Crippen LogP contribution in [0.4, 0.5) is 0 Å². The Morgan fingerprint density at radius 3 is 2.38 bits per heavy atom. The molecule has 32 heavy (non-hydrogen) atoms. The van der Waals surface area contributed by atoms with Crippen molar-refractivity contribution in [2.45, 2.75) is 44.6 Å². The molecule has 3 aromatic rings. The highest BCUT2D eigenvalue weighted by Crippen LogP contribution is 2.40. The first-order valence-corrected chi connectivity index (χ1v) is 10.1. The molecule has 1 aromatic heterocycles. The summed E-state index contributed by atoms with van der Waals surface area (Å²) in [6.07, 6.45) is -7.09. The van der Waals surface area contributed by atoms with Gasteiger partial charge < -0.3 is 43.8 Å². The lowest BCUT2D eigenvalue weighted by Gasteiger charge is -2.39. The van der Waals surface area contributed by atoms with Crippen LogP contribution in [0.15, 0.2) is 27.4 Å². The molecule has 0 spiro atoms. The molecule has 10 heteroatoms. The van der Waals surface area contributed by atoms with Crippen LogP contribution in [0.1, 0.15) is 11.1 Å². The summed E-state index contributed by atoms with van der Waals surface area (Å²) in [4.78, 5) is 12.7. The second-order valence-corrected chi connectivity index (χ2v) is 7.98. The predicted octanol–water partition coefficient (Wildman–Crippen LogP) is 0.470. The first kappa shape index (κ1) is 21.0. The highest BCUT2D eigenvalue weighted by molar-refractivity contribution is 6.08. The zero-order valence-corrected chi connectivity index (χ0v) is 17.3. The van der Waals surface area contributed by atoms with Gasteiger partial charge in [0.1, 0.15) is 35.7 Å². The molecule has 2 aromatic carbocycles. The molecule has 2 aliphatic heterocycles. The van der Waals surface area contributed by atoms with E-state index in [9.17, 15) is 25.2 Å². The molecule has 4 N–H and O–H groups in total. The van der Waals surface area contributed by atoms with Crippen LogP contribution in [0, 0.1) is 13.8 Å². The van der Waals surface area contributed by atoms with Crippen molar-refractivity contribution in [1.82, 2.24) is 0 Å². The minimum Gasteiger partial charge on any atom is -0.462 e. The number of ether oxygens (including phenoxy) is 4. The normalized spacial score (nSPS) is 27.2. The van der Waals surface area contributed by atoms with E-state index < -0.39 is 42.9 Å². The standard InChI is InChI=1S/C22H22O10/c1-8-3-12(30-22-19(26)18(25)17(24)15(6-23)31-22)9(2)20-16(8)10-4-13-14(29-7-28-13)5-11(10)21(27)32-20/h3-5,15,17-19,22-26H,6-7H2,1-2H3/t15-,17-,18+,19-,22-/m1/s1. The van der Waals surface area contributed by atoms with Crippen molar-refractivity contribution in [1.29, 1.82) is 0 Å². The zero-order valence-electron chi connectivity index (χ0n) is 17.3. The molecule has 0 unspecified atom stereocenters. The van der Waals surface area contributed by atoms with Gasteiger partial charge in [0, 0.05) is 16.3 Å². The molecule has 1 saturated heterocycles. The summed E-state index contributed by atoms with van der Waals surface area (Å²) in [5, 5.41) is 41.3. The van der Waals surface area contributed by atoms with Gasteiger partial charge in [-0.3, -0.25) is 0 Å². The number of hydrogen-bond acceptors (Lipinski definition) is 10. The Bertz CT molecular complexity index is 1260. The van der Waals surface area contributed by atoms with Crippen LogP contribution in [0.3, 0.4) is 0 Å². The van der Waals surface area contributed by atoms with Gasteiger partial charge in [0.2, 0.25) is 13.1 Å². The first-order valence-electron chi connectivity index (χ1n) is 10.1. The molecule has 10 nitrogen and oxygen atoms in total. The third-order valence-electron chi connectivity index (χ3n) is 5.97. The molecule has 5 atom stereocenters. The largest absolute Gasteiger partial charge is 0.462 e. The molecule has 2 aliphatic rings. The van der Waals surface area contributed by atoms with Gasteiger partial charge in [-0.15, -0.1) is 0 Å². The van der Waals surface area contributed by atoms with E-state index in [0.29, 0.717) is 38.8 Å². The number of aliphatic hydroxyl groups excluding tert-OH is 4. The molecular weight excluding hydrogens is 424 g/mol. The number of fused-ring (bicyclic) bond motifs is 4. The summed E-state index contributed by atoms with van der Waals surface area (Å²) in [5.74, 6) is 1.26. The van der Waals surface area contributed by atoms with E-state index in [-0.39, 0.29) is 12.5 Å². The Hall–Kier alpha value is -2.89. The number of rotatable bonds is 3. The smallest absolute Gasteiger partial charge is 0.344 e. The molecule has 0 saturated carbocycles. The van der Waals surface area contributed by atoms with E-state index in [1.807, 2.05) is 6.92 Å². The molecule has 5 rings (SSSR count). The monoisotopic (exact) mass is 446 g/mol. The van der Waals surface area contributed by atoms with Gasteiger partial charge in [0.25, 0.3) is 0 Å². The van der Waals surface area contributed by atoms with Crippen molar-refractivity contribution in [2.75, 3.05) is 13.4 Å². The van der Waals surface area contributed by atoms with E-state index in [2.05, 4.69) is 0 Å². The third kappa shape index (κ3) is 3.11. The fourth-order valence-corrected chi connectivity index (χ4v) is 4.20. The van der Waals surface area contributed by atoms with Crippen molar-refractivity contribution in [3.05, 3.63) is 39.7 Å². The lowest BCUT2D eigenvalue weighted by atomic mass is 9.98. The number of aliphatic hydroxyl groups is 4. The lowest BCUT2D eigenvalue weighted by molar-refractivity contribution is -0.277. The molecule has 0 aliphatic carbocycles. The van der Waals surface area contributed by atoms with Gasteiger partial charge in [0.15, 0.2) is 11.5 Å². The van der Waals surface area contributed by atoms with Gasteiger partial charge in [-0.1, -0.05) is 0 Å². The van der Waals surface area contributed by atoms with E-state index in [1.165, 1.54) is 0 Å². The Kier molecular flexibility index (Phi) is 4.99. The second-order valence-electron chi connectivity index (χ2n) is 7.98. The number of hydrogen-bond donors (Lipinski definition) is 4. The maximum absolute atomic E-state index is 12.7. The summed E-state index contributed by atoms with van der Waals surface area (Å²) < 4.78 is 27.7. The van der Waals surface area contributed by atoms with Gasteiger partial charge in [-0.05, 0) is 37.6 Å². The summed E-state index contributed by atoms with van der Waals surface area (Å²) in [5.41, 5.74) is 0.927. The minimum absolute atomic E-state index is 0.0734. The van der Waals surface area contributed by atoms with Crippen LogP contribution in [-0.4, -0.2) is 64.5 Å². The molecule has 170 valence electrons. The number of benzene rings is 2. The number of aryl methyl sites for hydroxylation is 2. The fourth-order valence-electron chi connectivity index (χ4n) is 4.20. The average Bonchev–Trinajstić information content (AvgIpc) is 3.23. The van der Waals surface area contributed by atoms with Crippen molar-refractivity contribution in [3.63, 3.8) is 0 Å². The van der Waals surface area contributed by atoms with Crippen molar-refractivity contribution < 1.29 is 43.8 Å². The van der Waals surface area contributed by atoms with Crippen LogP contribution in [-0.2, 0) is 4.74 Å². The summed E-state index contributed by atoms with van der Waals surface area (Å²) in [6, 6.07) is 5.03. The van der Waals surface area contributed by atoms with Gasteiger partial charge in [-0.25, -0.2) is 4.79 Å². The van der Waals surface area contributed by atoms with Crippen LogP contribution < -0.4 is 19.8 Å². The Morgan fingerprint density at radius 1 is 1.00 bits per heavy atom. The molecule has 0 amide bonds. The predicted molar refractivity (Wildman–Crippen MR) is 110 cm³/mol. The third-order valence-corrected chi connectivity index (χ3v) is 5.97. The van der Waals surface area contributed by atoms with Gasteiger partial charge in [0.05, 0.1) is 12.0 Å². The quantitative estimate of drug-likeness (QED) is 0.330. The average molecular weight is 446 g/mol. The molecular formula is C22H22O10. The molecule has 0 bridgehead atoms. The van der Waals surface area contributed by atoms with Crippen molar-refractivity contribution in [3.8, 4) is 17.2 Å². The van der Waals surface area contributed by atoms with E-state index in [1.54, 1.807) is 25.1 Å². The molecule has 0 radical (unpaired) electrons. The van der Waals surface area contributed by atoms with E-state index >= 15 is 0 Å². The maximum atomic E-state index is 12.7. The highest BCUT2D eigenvalue weighted by atomic mass is 16.7. The topological polar surface area (TPSA) is 148 Å². The van der Waals surface area contributed by atoms with E-state index in [4.69, 9.17) is 23.4 Å². The summed E-state index contributed by atoms with van der Waals surface area (Å²) >= 11 is 0. The van der Waals surface area contributed by atoms with Crippen molar-refractivity contribution in [2.24, 2.45) is 0 Å². The maximum Gasteiger partial charge on any atom is 0.344 e. The van der Waals surface area contributed by atoms with Crippen LogP contribution in [0.5, 0.6) is 17.2 Å². The highest BCUT2D eigenvalue weighted by Gasteiger charge is 2.45. The van der Waals surface area contributed by atoms with Crippen LogP contribution in [0.25, 0.3) is 21.7 Å². The second kappa shape index (κ2) is 7.61. The summed E-state index contributed by atoms with van der Waals surface area (Å²) in [6.45, 7) is 3.00. The fraction of sp³-hybridized carbons (Fsp3) is 0.409. The molecule has 1 fully saturated rings. The Labute approximate surface area is 181 Å². The molecule has 3 heterocycles. The lowest BCUT2D eigenvalue weighted by Crippen LogP contribution is -2.60. The Morgan fingerprint density at radius 2 is 1.69 bits per heavy atom. The zero-order chi connectivity index (χ0) is 22.7. The van der Waals surface area contributed by atoms with Crippen LogP contribution >= 0.6 is 0 Å². The van der Waals surface area contributed by atoms with Gasteiger partial charge >= 0.3 is 5.63 Å².